The largest absolute Gasteiger partial charge is 0.370 e. The summed E-state index contributed by atoms with van der Waals surface area (Å²) >= 11 is 0. The SMILES string of the molecule is NC(=O)CCCCCCC(=O)Nc1cccc(C(=O)N[C@H]2CC(=O)NC2=O)c1. The predicted octanol–water partition coefficient (Wildman–Crippen LogP) is 0.596. The van der Waals surface area contributed by atoms with Gasteiger partial charge >= 0.3 is 0 Å². The molecule has 0 radical (unpaired) electrons. The Kier molecular flexibility index (Phi) is 7.67. The summed E-state index contributed by atoms with van der Waals surface area (Å²) in [5, 5.41) is 7.36. The van der Waals surface area contributed by atoms with Crippen LogP contribution in [0.3, 0.4) is 0 Å². The van der Waals surface area contributed by atoms with Crippen LogP contribution in [0.25, 0.3) is 0 Å². The van der Waals surface area contributed by atoms with Crippen LogP contribution in [0.15, 0.2) is 24.3 Å². The minimum atomic E-state index is -0.882. The van der Waals surface area contributed by atoms with Gasteiger partial charge < -0.3 is 16.4 Å². The molecule has 0 aliphatic carbocycles. The van der Waals surface area contributed by atoms with Crippen LogP contribution in [-0.2, 0) is 19.2 Å². The Hall–Kier alpha value is -3.23. The number of nitrogens with one attached hydrogen (secondary N) is 3. The average Bonchev–Trinajstić information content (AvgIpc) is 2.95. The molecule has 0 bridgehead atoms. The van der Waals surface area contributed by atoms with Crippen molar-refractivity contribution in [3.05, 3.63) is 29.8 Å². The number of carbonyl (C=O) groups excluding carboxylic acids is 5. The Bertz CT molecular complexity index is 777. The second-order valence-corrected chi connectivity index (χ2v) is 6.65. The van der Waals surface area contributed by atoms with Crippen LogP contribution < -0.4 is 21.7 Å². The van der Waals surface area contributed by atoms with Gasteiger partial charge in [0.05, 0.1) is 6.42 Å². The fourth-order valence-corrected chi connectivity index (χ4v) is 2.81. The number of hydrogen-bond donors (Lipinski definition) is 4. The van der Waals surface area contributed by atoms with Crippen LogP contribution >= 0.6 is 0 Å². The van der Waals surface area contributed by atoms with Crippen molar-refractivity contribution in [1.29, 1.82) is 0 Å². The third-order valence-corrected chi connectivity index (χ3v) is 4.26. The zero-order chi connectivity index (χ0) is 20.5. The van der Waals surface area contributed by atoms with Gasteiger partial charge in [0.25, 0.3) is 5.91 Å². The van der Waals surface area contributed by atoms with Crippen molar-refractivity contribution in [2.75, 3.05) is 5.32 Å². The molecule has 1 heterocycles. The highest BCUT2D eigenvalue weighted by molar-refractivity contribution is 6.08. The van der Waals surface area contributed by atoms with E-state index in [-0.39, 0.29) is 23.8 Å². The number of anilines is 1. The van der Waals surface area contributed by atoms with Gasteiger partial charge in [0.1, 0.15) is 6.04 Å². The van der Waals surface area contributed by atoms with Gasteiger partial charge in [-0.2, -0.15) is 0 Å². The molecule has 0 spiro atoms. The molecular formula is C19H24N4O5. The normalized spacial score (nSPS) is 15.8. The highest BCUT2D eigenvalue weighted by Gasteiger charge is 2.31. The van der Waals surface area contributed by atoms with Crippen LogP contribution in [-0.4, -0.2) is 35.6 Å². The van der Waals surface area contributed by atoms with Crippen LogP contribution in [0.5, 0.6) is 0 Å². The Morgan fingerprint density at radius 3 is 2.43 bits per heavy atom. The Morgan fingerprint density at radius 2 is 1.79 bits per heavy atom. The molecule has 0 saturated carbocycles. The molecule has 2 rings (SSSR count). The van der Waals surface area contributed by atoms with E-state index in [9.17, 15) is 24.0 Å². The summed E-state index contributed by atoms with van der Waals surface area (Å²) < 4.78 is 0. The van der Waals surface area contributed by atoms with Crippen molar-refractivity contribution in [2.24, 2.45) is 5.73 Å². The van der Waals surface area contributed by atoms with Crippen LogP contribution in [0.1, 0.15) is 55.3 Å². The van der Waals surface area contributed by atoms with Gasteiger partial charge in [0.2, 0.25) is 23.6 Å². The summed E-state index contributed by atoms with van der Waals surface area (Å²) in [6.07, 6.45) is 3.68. The van der Waals surface area contributed by atoms with Gasteiger partial charge in [0, 0.05) is 24.1 Å². The van der Waals surface area contributed by atoms with Gasteiger partial charge in [-0.25, -0.2) is 0 Å². The highest BCUT2D eigenvalue weighted by atomic mass is 16.2. The zero-order valence-corrected chi connectivity index (χ0v) is 15.5. The van der Waals surface area contributed by atoms with Gasteiger partial charge in [-0.3, -0.25) is 29.3 Å². The van der Waals surface area contributed by atoms with Crippen molar-refractivity contribution in [1.82, 2.24) is 10.6 Å². The quantitative estimate of drug-likeness (QED) is 0.342. The second kappa shape index (κ2) is 10.2. The van der Waals surface area contributed by atoms with E-state index in [4.69, 9.17) is 5.73 Å². The molecule has 0 aromatic heterocycles. The molecule has 0 unspecified atom stereocenters. The van der Waals surface area contributed by atoms with Crippen molar-refractivity contribution in [3.8, 4) is 0 Å². The minimum absolute atomic E-state index is 0.0829. The summed E-state index contributed by atoms with van der Waals surface area (Å²) in [6, 6.07) is 5.46. The lowest BCUT2D eigenvalue weighted by Gasteiger charge is -2.11. The maximum atomic E-state index is 12.3. The van der Waals surface area contributed by atoms with Crippen LogP contribution in [0, 0.1) is 0 Å². The number of carbonyl (C=O) groups is 5. The fourth-order valence-electron chi connectivity index (χ4n) is 2.81. The van der Waals surface area contributed by atoms with E-state index < -0.39 is 23.8 Å². The number of primary amides is 1. The van der Waals surface area contributed by atoms with Crippen molar-refractivity contribution >= 4 is 35.2 Å². The summed E-state index contributed by atoms with van der Waals surface area (Å²) in [5.41, 5.74) is 5.81. The molecule has 1 atom stereocenters. The first-order valence-corrected chi connectivity index (χ1v) is 9.18. The lowest BCUT2D eigenvalue weighted by Crippen LogP contribution is -2.40. The van der Waals surface area contributed by atoms with Gasteiger partial charge in [0.15, 0.2) is 0 Å². The molecule has 9 nitrogen and oxygen atoms in total. The lowest BCUT2D eigenvalue weighted by atomic mass is 10.1. The molecule has 5 amide bonds. The molecule has 1 saturated heterocycles. The Morgan fingerprint density at radius 1 is 1.07 bits per heavy atom. The summed E-state index contributed by atoms with van der Waals surface area (Å²) in [6.45, 7) is 0. The number of amides is 5. The molecule has 1 aliphatic rings. The number of rotatable bonds is 10. The Balaban J connectivity index is 1.78. The van der Waals surface area contributed by atoms with Crippen molar-refractivity contribution in [2.45, 2.75) is 51.0 Å². The molecule has 1 fully saturated rings. The lowest BCUT2D eigenvalue weighted by molar-refractivity contribution is -0.125. The maximum absolute atomic E-state index is 12.3. The first-order valence-electron chi connectivity index (χ1n) is 9.18. The van der Waals surface area contributed by atoms with E-state index in [1.165, 1.54) is 6.07 Å². The molecule has 1 aliphatic heterocycles. The topological polar surface area (TPSA) is 147 Å². The summed E-state index contributed by atoms with van der Waals surface area (Å²) in [4.78, 5) is 57.6. The molecule has 5 N–H and O–H groups in total. The number of unbranched alkanes of at least 4 members (excludes halogenated alkanes) is 3. The van der Waals surface area contributed by atoms with Gasteiger partial charge in [-0.15, -0.1) is 0 Å². The monoisotopic (exact) mass is 388 g/mol. The Labute approximate surface area is 162 Å². The molecule has 9 heteroatoms. The van der Waals surface area contributed by atoms with E-state index in [1.54, 1.807) is 18.2 Å². The van der Waals surface area contributed by atoms with E-state index in [2.05, 4.69) is 16.0 Å². The predicted molar refractivity (Wildman–Crippen MR) is 101 cm³/mol. The zero-order valence-electron chi connectivity index (χ0n) is 15.5. The van der Waals surface area contributed by atoms with E-state index in [0.29, 0.717) is 24.9 Å². The summed E-state index contributed by atoms with van der Waals surface area (Å²) in [5.74, 6) is -1.94. The molecule has 1 aromatic carbocycles. The van der Waals surface area contributed by atoms with Crippen LogP contribution in [0.4, 0.5) is 5.69 Å². The van der Waals surface area contributed by atoms with E-state index in [1.807, 2.05) is 0 Å². The molecule has 1 aromatic rings. The van der Waals surface area contributed by atoms with Crippen molar-refractivity contribution in [3.63, 3.8) is 0 Å². The number of nitrogens with two attached hydrogens (primary N) is 1. The smallest absolute Gasteiger partial charge is 0.252 e. The number of benzene rings is 1. The van der Waals surface area contributed by atoms with Crippen molar-refractivity contribution < 1.29 is 24.0 Å². The second-order valence-electron chi connectivity index (χ2n) is 6.65. The summed E-state index contributed by atoms with van der Waals surface area (Å²) in [7, 11) is 0. The highest BCUT2D eigenvalue weighted by Crippen LogP contribution is 2.13. The maximum Gasteiger partial charge on any atom is 0.252 e. The first kappa shape index (κ1) is 21.1. The van der Waals surface area contributed by atoms with Gasteiger partial charge in [-0.05, 0) is 31.0 Å². The van der Waals surface area contributed by atoms with Crippen LogP contribution in [0.2, 0.25) is 0 Å². The first-order chi connectivity index (χ1) is 13.3. The standard InChI is InChI=1S/C19H24N4O5/c20-15(24)8-3-1-2-4-9-16(25)21-13-7-5-6-12(10-13)18(27)22-14-11-17(26)23-19(14)28/h5-7,10,14H,1-4,8-9,11H2,(H2,20,24)(H,21,25)(H,22,27)(H,23,26,28)/t14-/m0/s1. The third kappa shape index (κ3) is 6.82. The fraction of sp³-hybridized carbons (Fsp3) is 0.421. The number of imide groups is 1. The van der Waals surface area contributed by atoms with E-state index >= 15 is 0 Å². The molecule has 28 heavy (non-hydrogen) atoms. The van der Waals surface area contributed by atoms with Gasteiger partial charge in [-0.1, -0.05) is 18.9 Å². The minimum Gasteiger partial charge on any atom is -0.370 e. The molecular weight excluding hydrogens is 364 g/mol. The number of hydrogen-bond acceptors (Lipinski definition) is 5. The third-order valence-electron chi connectivity index (χ3n) is 4.26. The van der Waals surface area contributed by atoms with E-state index in [0.717, 1.165) is 19.3 Å². The molecule has 150 valence electrons. The average molecular weight is 388 g/mol.